The summed E-state index contributed by atoms with van der Waals surface area (Å²) in [7, 11) is 0. The molecule has 0 radical (unpaired) electrons. The summed E-state index contributed by atoms with van der Waals surface area (Å²) >= 11 is 0. The summed E-state index contributed by atoms with van der Waals surface area (Å²) in [5.41, 5.74) is -0.212. The lowest BCUT2D eigenvalue weighted by Crippen LogP contribution is -2.50. The Balaban J connectivity index is 1.85. The molecule has 1 atom stereocenters. The second-order valence-electron chi connectivity index (χ2n) is 5.49. The van der Waals surface area contributed by atoms with Gasteiger partial charge in [0.2, 0.25) is 0 Å². The first-order valence-corrected chi connectivity index (χ1v) is 6.88. The molecule has 3 N–H and O–H groups in total. The Labute approximate surface area is 125 Å². The normalized spacial score (nSPS) is 21.1. The largest absolute Gasteiger partial charge is 0.481 e. The third-order valence-corrected chi connectivity index (χ3v) is 3.83. The van der Waals surface area contributed by atoms with E-state index in [1.807, 2.05) is 0 Å². The van der Waals surface area contributed by atoms with Crippen LogP contribution in [-0.2, 0) is 9.53 Å². The first kappa shape index (κ1) is 14.5. The first-order chi connectivity index (χ1) is 10.5. The number of amides is 1. The summed E-state index contributed by atoms with van der Waals surface area (Å²) in [6.07, 6.45) is 0.215. The van der Waals surface area contributed by atoms with Crippen LogP contribution < -0.4 is 5.32 Å². The predicted octanol–water partition coefficient (Wildman–Crippen LogP) is 1.67. The fourth-order valence-electron chi connectivity index (χ4n) is 2.73. The van der Waals surface area contributed by atoms with Gasteiger partial charge in [0.15, 0.2) is 0 Å². The maximum absolute atomic E-state index is 13.7. The number of rotatable bonds is 4. The summed E-state index contributed by atoms with van der Waals surface area (Å²) in [4.78, 5) is 26.2. The zero-order valence-corrected chi connectivity index (χ0v) is 11.7. The average Bonchev–Trinajstić information content (AvgIpc) is 3.05. The fourth-order valence-corrected chi connectivity index (χ4v) is 2.73. The number of aromatic nitrogens is 1. The van der Waals surface area contributed by atoms with Gasteiger partial charge < -0.3 is 20.1 Å². The zero-order chi connectivity index (χ0) is 15.7. The molecule has 1 aromatic carbocycles. The highest BCUT2D eigenvalue weighted by Crippen LogP contribution is 2.24. The average molecular weight is 306 g/mol. The van der Waals surface area contributed by atoms with Crippen molar-refractivity contribution in [3.63, 3.8) is 0 Å². The predicted molar refractivity (Wildman–Crippen MR) is 76.1 cm³/mol. The minimum absolute atomic E-state index is 0.152. The van der Waals surface area contributed by atoms with Gasteiger partial charge in [0, 0.05) is 17.5 Å². The van der Waals surface area contributed by atoms with Gasteiger partial charge in [0.05, 0.1) is 18.6 Å². The molecule has 22 heavy (non-hydrogen) atoms. The van der Waals surface area contributed by atoms with Crippen molar-refractivity contribution in [2.45, 2.75) is 18.4 Å². The number of hydrogen-bond donors (Lipinski definition) is 3. The summed E-state index contributed by atoms with van der Waals surface area (Å²) in [5, 5.41) is 12.1. The summed E-state index contributed by atoms with van der Waals surface area (Å²) in [6, 6.07) is 5.95. The zero-order valence-electron chi connectivity index (χ0n) is 11.7. The topological polar surface area (TPSA) is 91.4 Å². The highest BCUT2D eigenvalue weighted by molar-refractivity contribution is 5.98. The third-order valence-electron chi connectivity index (χ3n) is 3.83. The molecule has 1 unspecified atom stereocenters. The van der Waals surface area contributed by atoms with E-state index in [1.165, 1.54) is 12.1 Å². The van der Waals surface area contributed by atoms with E-state index in [9.17, 15) is 14.0 Å². The van der Waals surface area contributed by atoms with E-state index in [2.05, 4.69) is 10.3 Å². The van der Waals surface area contributed by atoms with Crippen molar-refractivity contribution in [1.29, 1.82) is 0 Å². The molecule has 1 fully saturated rings. The van der Waals surface area contributed by atoms with Crippen LogP contribution in [0.3, 0.4) is 0 Å². The molecule has 1 aliphatic rings. The van der Waals surface area contributed by atoms with Gasteiger partial charge in [0.1, 0.15) is 11.5 Å². The smallest absolute Gasteiger partial charge is 0.305 e. The molecule has 0 spiro atoms. The maximum atomic E-state index is 13.7. The fraction of sp³-hybridized carbons (Fsp3) is 0.333. The van der Waals surface area contributed by atoms with Gasteiger partial charge in [-0.25, -0.2) is 4.39 Å². The standard InChI is InChI=1S/C15H15FN2O4/c16-10-2-1-3-11-9(10)6-12(17-11)14(21)18-15(7-13(19)20)4-5-22-8-15/h1-3,6,17H,4-5,7-8H2,(H,18,21)(H,19,20). The van der Waals surface area contributed by atoms with Gasteiger partial charge in [-0.15, -0.1) is 0 Å². The number of halogens is 1. The molecule has 1 aliphatic heterocycles. The number of hydrogen-bond acceptors (Lipinski definition) is 3. The van der Waals surface area contributed by atoms with E-state index >= 15 is 0 Å². The minimum Gasteiger partial charge on any atom is -0.481 e. The highest BCUT2D eigenvalue weighted by Gasteiger charge is 2.39. The third kappa shape index (κ3) is 2.67. The van der Waals surface area contributed by atoms with Crippen LogP contribution in [-0.4, -0.2) is 40.7 Å². The number of carboxylic acid groups (broad SMARTS) is 1. The number of H-pyrrole nitrogens is 1. The molecule has 116 valence electrons. The SMILES string of the molecule is O=C(O)CC1(NC(=O)c2cc3c(F)cccc3[nH]2)CCOC1. The quantitative estimate of drug-likeness (QED) is 0.801. The van der Waals surface area contributed by atoms with E-state index in [4.69, 9.17) is 9.84 Å². The minimum atomic E-state index is -1.01. The van der Waals surface area contributed by atoms with E-state index in [1.54, 1.807) is 12.1 Å². The lowest BCUT2D eigenvalue weighted by molar-refractivity contribution is -0.138. The molecule has 2 aromatic rings. The monoisotopic (exact) mass is 306 g/mol. The van der Waals surface area contributed by atoms with Gasteiger partial charge in [-0.2, -0.15) is 0 Å². The van der Waals surface area contributed by atoms with Crippen LogP contribution in [0.2, 0.25) is 0 Å². The Morgan fingerprint density at radius 1 is 1.45 bits per heavy atom. The number of ether oxygens (including phenoxy) is 1. The number of aromatic amines is 1. The Morgan fingerprint density at radius 2 is 2.27 bits per heavy atom. The second-order valence-corrected chi connectivity index (χ2v) is 5.49. The Hall–Kier alpha value is -2.41. The molecule has 6 nitrogen and oxygen atoms in total. The molecular formula is C15H15FN2O4. The Kier molecular flexibility index (Phi) is 3.58. The van der Waals surface area contributed by atoms with Crippen LogP contribution in [0.25, 0.3) is 10.9 Å². The number of benzene rings is 1. The van der Waals surface area contributed by atoms with Crippen molar-refractivity contribution in [2.24, 2.45) is 0 Å². The molecule has 7 heteroatoms. The number of carbonyl (C=O) groups excluding carboxylic acids is 1. The lowest BCUT2D eigenvalue weighted by atomic mass is 9.94. The number of carbonyl (C=O) groups is 2. The van der Waals surface area contributed by atoms with Crippen LogP contribution in [0, 0.1) is 5.82 Å². The van der Waals surface area contributed by atoms with Crippen molar-refractivity contribution in [2.75, 3.05) is 13.2 Å². The van der Waals surface area contributed by atoms with Gasteiger partial charge >= 0.3 is 5.97 Å². The first-order valence-electron chi connectivity index (χ1n) is 6.88. The summed E-state index contributed by atoms with van der Waals surface area (Å²) in [6.45, 7) is 0.550. The molecule has 0 saturated carbocycles. The molecule has 0 bridgehead atoms. The highest BCUT2D eigenvalue weighted by atomic mass is 19.1. The van der Waals surface area contributed by atoms with Crippen LogP contribution in [0.1, 0.15) is 23.3 Å². The maximum Gasteiger partial charge on any atom is 0.305 e. The van der Waals surface area contributed by atoms with Gasteiger partial charge in [0.25, 0.3) is 5.91 Å². The molecule has 3 rings (SSSR count). The van der Waals surface area contributed by atoms with E-state index in [-0.39, 0.29) is 18.7 Å². The van der Waals surface area contributed by atoms with Crippen LogP contribution in [0.4, 0.5) is 4.39 Å². The lowest BCUT2D eigenvalue weighted by Gasteiger charge is -2.26. The number of aliphatic carboxylic acids is 1. The van der Waals surface area contributed by atoms with Crippen LogP contribution in [0.15, 0.2) is 24.3 Å². The second kappa shape index (κ2) is 5.42. The molecule has 2 heterocycles. The van der Waals surface area contributed by atoms with Crippen molar-refractivity contribution in [3.8, 4) is 0 Å². The van der Waals surface area contributed by atoms with E-state index in [0.717, 1.165) is 0 Å². The Morgan fingerprint density at radius 3 is 2.91 bits per heavy atom. The van der Waals surface area contributed by atoms with Gasteiger partial charge in [-0.05, 0) is 24.6 Å². The molecule has 1 amide bonds. The molecule has 1 aromatic heterocycles. The molecule has 0 aliphatic carbocycles. The van der Waals surface area contributed by atoms with Gasteiger partial charge in [-0.1, -0.05) is 6.07 Å². The molecule has 1 saturated heterocycles. The van der Waals surface area contributed by atoms with Crippen molar-refractivity contribution in [3.05, 3.63) is 35.8 Å². The van der Waals surface area contributed by atoms with E-state index < -0.39 is 23.2 Å². The van der Waals surface area contributed by atoms with Crippen molar-refractivity contribution >= 4 is 22.8 Å². The number of nitrogens with one attached hydrogen (secondary N) is 2. The Bertz CT molecular complexity index is 734. The van der Waals surface area contributed by atoms with E-state index in [0.29, 0.717) is 23.9 Å². The number of carboxylic acids is 1. The van der Waals surface area contributed by atoms with Crippen molar-refractivity contribution < 1.29 is 23.8 Å². The van der Waals surface area contributed by atoms with Gasteiger partial charge in [-0.3, -0.25) is 9.59 Å². The van der Waals surface area contributed by atoms with Crippen LogP contribution in [0.5, 0.6) is 0 Å². The van der Waals surface area contributed by atoms with Crippen molar-refractivity contribution in [1.82, 2.24) is 10.3 Å². The summed E-state index contributed by atoms with van der Waals surface area (Å²) in [5.74, 6) is -1.90. The summed E-state index contributed by atoms with van der Waals surface area (Å²) < 4.78 is 18.9. The number of fused-ring (bicyclic) bond motifs is 1. The van der Waals surface area contributed by atoms with Crippen LogP contribution >= 0.6 is 0 Å². The molecular weight excluding hydrogens is 291 g/mol.